The lowest BCUT2D eigenvalue weighted by Gasteiger charge is -2.09. The molecule has 0 unspecified atom stereocenters. The second-order valence-electron chi connectivity index (χ2n) is 4.04. The number of nitrogens with two attached hydrogens (primary N) is 1. The van der Waals surface area contributed by atoms with Gasteiger partial charge in [0.1, 0.15) is 5.75 Å². The lowest BCUT2D eigenvalue weighted by atomic mass is 10.1. The number of hydrogen-bond donors (Lipinski definition) is 1. The van der Waals surface area contributed by atoms with Crippen molar-refractivity contribution in [1.82, 2.24) is 10.1 Å². The van der Waals surface area contributed by atoms with Crippen molar-refractivity contribution in [2.75, 3.05) is 6.54 Å². The van der Waals surface area contributed by atoms with E-state index >= 15 is 0 Å². The van der Waals surface area contributed by atoms with Crippen LogP contribution in [0.25, 0.3) is 0 Å². The molecule has 2 N–H and O–H groups in total. The molecule has 0 amide bonds. The predicted octanol–water partition coefficient (Wildman–Crippen LogP) is 2.37. The second kappa shape index (κ2) is 6.54. The molecule has 0 spiro atoms. The standard InChI is InChI=1S/C13H16ClN3O2/c1-2-13-16-12(17-19-13)8-18-11-4-3-10(14)7-9(11)5-6-15/h3-4,7H,2,5-6,8,15H2,1H3. The number of hydrogen-bond acceptors (Lipinski definition) is 5. The van der Waals surface area contributed by atoms with Gasteiger partial charge < -0.3 is 15.0 Å². The molecule has 0 aliphatic rings. The third-order valence-electron chi connectivity index (χ3n) is 2.61. The van der Waals surface area contributed by atoms with Gasteiger partial charge >= 0.3 is 0 Å². The average Bonchev–Trinajstić information content (AvgIpc) is 2.86. The van der Waals surface area contributed by atoms with E-state index in [-0.39, 0.29) is 6.61 Å². The maximum atomic E-state index is 5.96. The number of halogens is 1. The Hall–Kier alpha value is -1.59. The second-order valence-corrected chi connectivity index (χ2v) is 4.47. The average molecular weight is 282 g/mol. The summed E-state index contributed by atoms with van der Waals surface area (Å²) in [6.45, 7) is 2.76. The third kappa shape index (κ3) is 3.68. The van der Waals surface area contributed by atoms with E-state index in [2.05, 4.69) is 10.1 Å². The number of rotatable bonds is 6. The van der Waals surface area contributed by atoms with Gasteiger partial charge in [0.25, 0.3) is 0 Å². The number of aryl methyl sites for hydroxylation is 1. The van der Waals surface area contributed by atoms with Crippen molar-refractivity contribution in [3.63, 3.8) is 0 Å². The summed E-state index contributed by atoms with van der Waals surface area (Å²) in [5.74, 6) is 1.89. The summed E-state index contributed by atoms with van der Waals surface area (Å²) < 4.78 is 10.7. The Morgan fingerprint density at radius 1 is 1.42 bits per heavy atom. The molecule has 0 bridgehead atoms. The summed E-state index contributed by atoms with van der Waals surface area (Å²) in [5, 5.41) is 4.50. The van der Waals surface area contributed by atoms with Crippen LogP contribution in [0.3, 0.4) is 0 Å². The van der Waals surface area contributed by atoms with Gasteiger partial charge in [0.2, 0.25) is 11.7 Å². The molecule has 5 nitrogen and oxygen atoms in total. The van der Waals surface area contributed by atoms with Crippen molar-refractivity contribution in [3.05, 3.63) is 40.5 Å². The van der Waals surface area contributed by atoms with Crippen LogP contribution in [0.1, 0.15) is 24.2 Å². The molecule has 0 aliphatic carbocycles. The summed E-state index contributed by atoms with van der Waals surface area (Å²) in [4.78, 5) is 4.18. The maximum Gasteiger partial charge on any atom is 0.226 e. The summed E-state index contributed by atoms with van der Waals surface area (Å²) in [6, 6.07) is 5.47. The number of ether oxygens (including phenoxy) is 1. The predicted molar refractivity (Wildman–Crippen MR) is 72.2 cm³/mol. The highest BCUT2D eigenvalue weighted by Crippen LogP contribution is 2.23. The number of aromatic nitrogens is 2. The summed E-state index contributed by atoms with van der Waals surface area (Å²) in [5.41, 5.74) is 6.55. The van der Waals surface area contributed by atoms with Gasteiger partial charge in [0.05, 0.1) is 0 Å². The van der Waals surface area contributed by atoms with Crippen molar-refractivity contribution < 1.29 is 9.26 Å². The molecule has 19 heavy (non-hydrogen) atoms. The van der Waals surface area contributed by atoms with E-state index in [1.807, 2.05) is 19.1 Å². The van der Waals surface area contributed by atoms with Gasteiger partial charge in [-0.1, -0.05) is 23.7 Å². The van der Waals surface area contributed by atoms with Crippen LogP contribution in [0, 0.1) is 0 Å². The Morgan fingerprint density at radius 2 is 2.26 bits per heavy atom. The van der Waals surface area contributed by atoms with Gasteiger partial charge in [-0.25, -0.2) is 0 Å². The molecule has 0 fully saturated rings. The molecule has 102 valence electrons. The van der Waals surface area contributed by atoms with Crippen molar-refractivity contribution in [1.29, 1.82) is 0 Å². The zero-order valence-electron chi connectivity index (χ0n) is 10.7. The fourth-order valence-electron chi connectivity index (χ4n) is 1.67. The van der Waals surface area contributed by atoms with E-state index in [9.17, 15) is 0 Å². The van der Waals surface area contributed by atoms with Crippen LogP contribution >= 0.6 is 11.6 Å². The van der Waals surface area contributed by atoms with E-state index in [1.54, 1.807) is 6.07 Å². The molecule has 0 atom stereocenters. The zero-order chi connectivity index (χ0) is 13.7. The van der Waals surface area contributed by atoms with E-state index in [0.29, 0.717) is 36.1 Å². The Bertz CT molecular complexity index is 542. The van der Waals surface area contributed by atoms with Crippen molar-refractivity contribution in [2.45, 2.75) is 26.4 Å². The van der Waals surface area contributed by atoms with Gasteiger partial charge in [-0.05, 0) is 36.7 Å². The molecular weight excluding hydrogens is 266 g/mol. The molecule has 2 rings (SSSR count). The third-order valence-corrected chi connectivity index (χ3v) is 2.84. The van der Waals surface area contributed by atoms with Crippen LogP contribution in [0.4, 0.5) is 0 Å². The zero-order valence-corrected chi connectivity index (χ0v) is 11.5. The van der Waals surface area contributed by atoms with Crippen LogP contribution in [0.5, 0.6) is 5.75 Å². The lowest BCUT2D eigenvalue weighted by molar-refractivity contribution is 0.282. The molecule has 6 heteroatoms. The van der Waals surface area contributed by atoms with E-state index in [1.165, 1.54) is 0 Å². The summed E-state index contributed by atoms with van der Waals surface area (Å²) >= 11 is 5.96. The summed E-state index contributed by atoms with van der Waals surface area (Å²) in [6.07, 6.45) is 1.43. The Labute approximate surface area is 116 Å². The fraction of sp³-hybridized carbons (Fsp3) is 0.385. The molecule has 1 aromatic heterocycles. The molecule has 0 saturated carbocycles. The molecule has 0 radical (unpaired) electrons. The van der Waals surface area contributed by atoms with Crippen molar-refractivity contribution in [3.8, 4) is 5.75 Å². The quantitative estimate of drug-likeness (QED) is 0.880. The Balaban J connectivity index is 2.05. The fourth-order valence-corrected chi connectivity index (χ4v) is 1.87. The largest absolute Gasteiger partial charge is 0.485 e. The topological polar surface area (TPSA) is 74.2 Å². The van der Waals surface area contributed by atoms with Crippen LogP contribution in [-0.4, -0.2) is 16.7 Å². The van der Waals surface area contributed by atoms with Crippen LogP contribution in [-0.2, 0) is 19.4 Å². The number of nitrogens with zero attached hydrogens (tertiary/aromatic N) is 2. The first-order valence-electron chi connectivity index (χ1n) is 6.15. The molecule has 1 aromatic carbocycles. The molecular formula is C13H16ClN3O2. The van der Waals surface area contributed by atoms with Gasteiger partial charge in [-0.2, -0.15) is 4.98 Å². The van der Waals surface area contributed by atoms with Crippen LogP contribution in [0.2, 0.25) is 5.02 Å². The lowest BCUT2D eigenvalue weighted by Crippen LogP contribution is -2.06. The highest BCUT2D eigenvalue weighted by atomic mass is 35.5. The van der Waals surface area contributed by atoms with Gasteiger partial charge in [-0.15, -0.1) is 0 Å². The molecule has 2 aromatic rings. The van der Waals surface area contributed by atoms with Crippen LogP contribution < -0.4 is 10.5 Å². The summed E-state index contributed by atoms with van der Waals surface area (Å²) in [7, 11) is 0. The Kier molecular flexibility index (Phi) is 4.76. The minimum absolute atomic E-state index is 0.267. The van der Waals surface area contributed by atoms with Crippen molar-refractivity contribution >= 4 is 11.6 Å². The number of benzene rings is 1. The Morgan fingerprint density at radius 3 is 2.95 bits per heavy atom. The van der Waals surface area contributed by atoms with Gasteiger partial charge in [-0.3, -0.25) is 0 Å². The first-order chi connectivity index (χ1) is 9.22. The first kappa shape index (κ1) is 13.8. The van der Waals surface area contributed by atoms with E-state index in [0.717, 1.165) is 11.3 Å². The molecule has 0 saturated heterocycles. The van der Waals surface area contributed by atoms with Crippen molar-refractivity contribution in [2.24, 2.45) is 5.73 Å². The van der Waals surface area contributed by atoms with E-state index in [4.69, 9.17) is 26.6 Å². The van der Waals surface area contributed by atoms with Crippen LogP contribution in [0.15, 0.2) is 22.7 Å². The van der Waals surface area contributed by atoms with E-state index < -0.39 is 0 Å². The normalized spacial score (nSPS) is 10.7. The monoisotopic (exact) mass is 281 g/mol. The highest BCUT2D eigenvalue weighted by molar-refractivity contribution is 6.30. The molecule has 1 heterocycles. The molecule has 0 aliphatic heterocycles. The first-order valence-corrected chi connectivity index (χ1v) is 6.53. The highest BCUT2D eigenvalue weighted by Gasteiger charge is 2.08. The minimum atomic E-state index is 0.267. The minimum Gasteiger partial charge on any atom is -0.485 e. The maximum absolute atomic E-state index is 5.96. The smallest absolute Gasteiger partial charge is 0.226 e. The van der Waals surface area contributed by atoms with Gasteiger partial charge in [0, 0.05) is 11.4 Å². The SMILES string of the molecule is CCc1nc(COc2ccc(Cl)cc2CCN)no1. The van der Waals surface area contributed by atoms with Gasteiger partial charge in [0.15, 0.2) is 6.61 Å².